The maximum atomic E-state index is 3.53. The van der Waals surface area contributed by atoms with Crippen LogP contribution in [0.1, 0.15) is 64.5 Å². The highest BCUT2D eigenvalue weighted by atomic mass is 15.1. The average Bonchev–Trinajstić information content (AvgIpc) is 2.48. The predicted octanol–water partition coefficient (Wildman–Crippen LogP) is 4.59. The molecule has 0 aromatic heterocycles. The first-order valence-corrected chi connectivity index (χ1v) is 8.70. The van der Waals surface area contributed by atoms with Crippen molar-refractivity contribution in [2.75, 3.05) is 13.1 Å². The highest BCUT2D eigenvalue weighted by molar-refractivity contribution is 5.27. The van der Waals surface area contributed by atoms with E-state index in [-0.39, 0.29) is 0 Å². The van der Waals surface area contributed by atoms with Crippen molar-refractivity contribution < 1.29 is 0 Å². The Morgan fingerprint density at radius 1 is 1.00 bits per heavy atom. The normalized spacial score (nSPS) is 11.5. The summed E-state index contributed by atoms with van der Waals surface area (Å²) in [5.74, 6) is 0. The number of hydrogen-bond donors (Lipinski definition) is 1. The van der Waals surface area contributed by atoms with Gasteiger partial charge in [-0.25, -0.2) is 0 Å². The lowest BCUT2D eigenvalue weighted by Gasteiger charge is -2.27. The van der Waals surface area contributed by atoms with Gasteiger partial charge in [-0.15, -0.1) is 0 Å². The first kappa shape index (κ1) is 18.2. The zero-order valence-electron chi connectivity index (χ0n) is 14.5. The SMILES string of the molecule is CCCCCN(Cc1ccccc1CNCCC)C(C)C. The number of hydrogen-bond acceptors (Lipinski definition) is 2. The van der Waals surface area contributed by atoms with E-state index >= 15 is 0 Å². The quantitative estimate of drug-likeness (QED) is 0.600. The lowest BCUT2D eigenvalue weighted by atomic mass is 10.1. The van der Waals surface area contributed by atoms with E-state index in [2.05, 4.69) is 62.2 Å². The van der Waals surface area contributed by atoms with Gasteiger partial charge in [-0.2, -0.15) is 0 Å². The molecule has 0 amide bonds. The Morgan fingerprint density at radius 2 is 1.71 bits per heavy atom. The van der Waals surface area contributed by atoms with Crippen molar-refractivity contribution >= 4 is 0 Å². The van der Waals surface area contributed by atoms with Gasteiger partial charge in [0.2, 0.25) is 0 Å². The molecule has 0 unspecified atom stereocenters. The fourth-order valence-corrected chi connectivity index (χ4v) is 2.59. The van der Waals surface area contributed by atoms with Crippen LogP contribution in [0.25, 0.3) is 0 Å². The van der Waals surface area contributed by atoms with E-state index in [0.29, 0.717) is 6.04 Å². The summed E-state index contributed by atoms with van der Waals surface area (Å²) in [6.07, 6.45) is 5.13. The van der Waals surface area contributed by atoms with E-state index in [1.165, 1.54) is 43.4 Å². The number of unbranched alkanes of at least 4 members (excludes halogenated alkanes) is 2. The molecule has 0 heterocycles. The van der Waals surface area contributed by atoms with E-state index in [1.54, 1.807) is 0 Å². The van der Waals surface area contributed by atoms with E-state index in [4.69, 9.17) is 0 Å². The van der Waals surface area contributed by atoms with E-state index in [0.717, 1.165) is 19.6 Å². The Balaban J connectivity index is 2.64. The van der Waals surface area contributed by atoms with Crippen molar-refractivity contribution in [3.8, 4) is 0 Å². The molecule has 21 heavy (non-hydrogen) atoms. The second kappa shape index (κ2) is 10.8. The van der Waals surface area contributed by atoms with Crippen LogP contribution in [-0.4, -0.2) is 24.0 Å². The van der Waals surface area contributed by atoms with Crippen LogP contribution in [0.5, 0.6) is 0 Å². The molecule has 0 aliphatic carbocycles. The minimum absolute atomic E-state index is 0.610. The van der Waals surface area contributed by atoms with Gasteiger partial charge in [0.15, 0.2) is 0 Å². The average molecular weight is 290 g/mol. The molecule has 1 N–H and O–H groups in total. The molecule has 0 aliphatic rings. The third-order valence-electron chi connectivity index (χ3n) is 4.01. The topological polar surface area (TPSA) is 15.3 Å². The standard InChI is InChI=1S/C19H34N2/c1-5-7-10-14-21(17(3)4)16-19-12-9-8-11-18(19)15-20-13-6-2/h8-9,11-12,17,20H,5-7,10,13-16H2,1-4H3. The van der Waals surface area contributed by atoms with Crippen molar-refractivity contribution in [3.05, 3.63) is 35.4 Å². The monoisotopic (exact) mass is 290 g/mol. The molecule has 0 spiro atoms. The number of rotatable bonds is 11. The summed E-state index contributed by atoms with van der Waals surface area (Å²) in [6.45, 7) is 13.5. The van der Waals surface area contributed by atoms with Gasteiger partial charge in [0, 0.05) is 19.1 Å². The summed E-state index contributed by atoms with van der Waals surface area (Å²) in [6, 6.07) is 9.49. The molecule has 0 fully saturated rings. The third kappa shape index (κ3) is 7.10. The maximum Gasteiger partial charge on any atom is 0.0239 e. The van der Waals surface area contributed by atoms with E-state index in [9.17, 15) is 0 Å². The van der Waals surface area contributed by atoms with Crippen molar-refractivity contribution in [2.24, 2.45) is 0 Å². The van der Waals surface area contributed by atoms with Crippen LogP contribution < -0.4 is 5.32 Å². The molecular weight excluding hydrogens is 256 g/mol. The molecule has 2 heteroatoms. The molecule has 1 aromatic carbocycles. The summed E-state index contributed by atoms with van der Waals surface area (Å²) in [5, 5.41) is 3.53. The molecule has 0 atom stereocenters. The molecule has 0 saturated carbocycles. The van der Waals surface area contributed by atoms with E-state index < -0.39 is 0 Å². The molecule has 2 nitrogen and oxygen atoms in total. The Bertz CT molecular complexity index is 374. The highest BCUT2D eigenvalue weighted by Crippen LogP contribution is 2.14. The van der Waals surface area contributed by atoms with Crippen LogP contribution in [0.4, 0.5) is 0 Å². The fourth-order valence-electron chi connectivity index (χ4n) is 2.59. The van der Waals surface area contributed by atoms with Crippen molar-refractivity contribution in [1.82, 2.24) is 10.2 Å². The molecule has 0 radical (unpaired) electrons. The van der Waals surface area contributed by atoms with Crippen LogP contribution in [0, 0.1) is 0 Å². The van der Waals surface area contributed by atoms with Gasteiger partial charge >= 0.3 is 0 Å². The van der Waals surface area contributed by atoms with Gasteiger partial charge < -0.3 is 5.32 Å². The molecule has 1 rings (SSSR count). The Hall–Kier alpha value is -0.860. The lowest BCUT2D eigenvalue weighted by Crippen LogP contribution is -2.32. The second-order valence-corrected chi connectivity index (χ2v) is 6.22. The summed E-state index contributed by atoms with van der Waals surface area (Å²) < 4.78 is 0. The van der Waals surface area contributed by atoms with Crippen LogP contribution in [0.15, 0.2) is 24.3 Å². The van der Waals surface area contributed by atoms with E-state index in [1.807, 2.05) is 0 Å². The Kier molecular flexibility index (Phi) is 9.36. The van der Waals surface area contributed by atoms with Crippen LogP contribution >= 0.6 is 0 Å². The predicted molar refractivity (Wildman–Crippen MR) is 93.5 cm³/mol. The number of benzene rings is 1. The smallest absolute Gasteiger partial charge is 0.0239 e. The summed E-state index contributed by atoms with van der Waals surface area (Å²) in [5.41, 5.74) is 2.93. The molecule has 120 valence electrons. The third-order valence-corrected chi connectivity index (χ3v) is 4.01. The van der Waals surface area contributed by atoms with Crippen molar-refractivity contribution in [2.45, 2.75) is 72.5 Å². The Morgan fingerprint density at radius 3 is 2.33 bits per heavy atom. The molecule has 0 aliphatic heterocycles. The first-order chi connectivity index (χ1) is 10.2. The second-order valence-electron chi connectivity index (χ2n) is 6.22. The summed E-state index contributed by atoms with van der Waals surface area (Å²) >= 11 is 0. The molecule has 1 aromatic rings. The van der Waals surface area contributed by atoms with Gasteiger partial charge in [0.1, 0.15) is 0 Å². The van der Waals surface area contributed by atoms with Crippen LogP contribution in [0.3, 0.4) is 0 Å². The van der Waals surface area contributed by atoms with Gasteiger partial charge in [-0.05, 0) is 50.9 Å². The lowest BCUT2D eigenvalue weighted by molar-refractivity contribution is 0.208. The molecule has 0 bridgehead atoms. The fraction of sp³-hybridized carbons (Fsp3) is 0.684. The van der Waals surface area contributed by atoms with Gasteiger partial charge in [0.05, 0.1) is 0 Å². The van der Waals surface area contributed by atoms with Crippen molar-refractivity contribution in [3.63, 3.8) is 0 Å². The zero-order valence-corrected chi connectivity index (χ0v) is 14.5. The van der Waals surface area contributed by atoms with Gasteiger partial charge in [-0.3, -0.25) is 4.90 Å². The highest BCUT2D eigenvalue weighted by Gasteiger charge is 2.11. The van der Waals surface area contributed by atoms with Crippen molar-refractivity contribution in [1.29, 1.82) is 0 Å². The van der Waals surface area contributed by atoms with Gasteiger partial charge in [0.25, 0.3) is 0 Å². The largest absolute Gasteiger partial charge is 0.313 e. The summed E-state index contributed by atoms with van der Waals surface area (Å²) in [4.78, 5) is 2.61. The minimum atomic E-state index is 0.610. The summed E-state index contributed by atoms with van der Waals surface area (Å²) in [7, 11) is 0. The van der Waals surface area contributed by atoms with Crippen LogP contribution in [-0.2, 0) is 13.1 Å². The Labute approximate surface area is 131 Å². The molecule has 0 saturated heterocycles. The zero-order chi connectivity index (χ0) is 15.5. The van der Waals surface area contributed by atoms with Gasteiger partial charge in [-0.1, -0.05) is 51.0 Å². The first-order valence-electron chi connectivity index (χ1n) is 8.70. The van der Waals surface area contributed by atoms with Crippen LogP contribution in [0.2, 0.25) is 0 Å². The number of nitrogens with one attached hydrogen (secondary N) is 1. The maximum absolute atomic E-state index is 3.53. The molecular formula is C19H34N2. The minimum Gasteiger partial charge on any atom is -0.313 e. The number of nitrogens with zero attached hydrogens (tertiary/aromatic N) is 1.